The van der Waals surface area contributed by atoms with E-state index >= 15 is 0 Å². The highest BCUT2D eigenvalue weighted by molar-refractivity contribution is 8.00. The summed E-state index contributed by atoms with van der Waals surface area (Å²) in [4.78, 5) is 31.1. The van der Waals surface area contributed by atoms with E-state index in [9.17, 15) is 9.59 Å². The molecule has 1 amide bonds. The third-order valence-electron chi connectivity index (χ3n) is 3.78. The van der Waals surface area contributed by atoms with Gasteiger partial charge in [-0.15, -0.1) is 21.5 Å². The minimum atomic E-state index is -0.0757. The molecule has 3 aromatic rings. The van der Waals surface area contributed by atoms with Crippen molar-refractivity contribution in [2.45, 2.75) is 42.3 Å². The van der Waals surface area contributed by atoms with Gasteiger partial charge in [0, 0.05) is 35.9 Å². The monoisotopic (exact) mass is 393 g/mol. The number of nitrogens with zero attached hydrogens (tertiary/aromatic N) is 5. The van der Waals surface area contributed by atoms with Gasteiger partial charge in [-0.05, 0) is 12.8 Å². The Balaban J connectivity index is 1.49. The second-order valence-corrected chi connectivity index (χ2v) is 8.68. The first kappa shape index (κ1) is 16.7. The normalized spacial score (nSPS) is 14.1. The second-order valence-electron chi connectivity index (χ2n) is 5.63. The van der Waals surface area contributed by atoms with Crippen LogP contribution in [0.25, 0.3) is 4.96 Å². The average Bonchev–Trinajstić information content (AvgIpc) is 3.12. The number of amides is 1. The van der Waals surface area contributed by atoms with Gasteiger partial charge in [-0.25, -0.2) is 4.98 Å². The first-order valence-electron chi connectivity index (χ1n) is 7.90. The van der Waals surface area contributed by atoms with Gasteiger partial charge in [0.2, 0.25) is 11.0 Å². The van der Waals surface area contributed by atoms with Gasteiger partial charge in [-0.1, -0.05) is 30.0 Å². The molecule has 3 heterocycles. The Kier molecular flexibility index (Phi) is 4.57. The highest BCUT2D eigenvalue weighted by atomic mass is 32.2. The predicted molar refractivity (Wildman–Crippen MR) is 99.6 cm³/mol. The van der Waals surface area contributed by atoms with Crippen molar-refractivity contribution in [2.24, 2.45) is 0 Å². The summed E-state index contributed by atoms with van der Waals surface area (Å²) in [6, 6.07) is 1.83. The lowest BCUT2D eigenvalue weighted by Crippen LogP contribution is -2.32. The lowest BCUT2D eigenvalue weighted by molar-refractivity contribution is -0.118. The summed E-state index contributed by atoms with van der Waals surface area (Å²) in [5, 5.41) is 10.9. The number of anilines is 1. The van der Waals surface area contributed by atoms with E-state index < -0.39 is 0 Å². The largest absolute Gasteiger partial charge is 0.284 e. The van der Waals surface area contributed by atoms with Crippen molar-refractivity contribution in [2.75, 3.05) is 4.90 Å². The van der Waals surface area contributed by atoms with Crippen molar-refractivity contribution in [1.29, 1.82) is 0 Å². The molecule has 10 heteroatoms. The van der Waals surface area contributed by atoms with Gasteiger partial charge in [-0.2, -0.15) is 0 Å². The summed E-state index contributed by atoms with van der Waals surface area (Å²) in [6.07, 6.45) is 4.25. The molecule has 0 aliphatic heterocycles. The van der Waals surface area contributed by atoms with E-state index in [2.05, 4.69) is 15.2 Å². The summed E-state index contributed by atoms with van der Waals surface area (Å²) >= 11 is 4.34. The van der Waals surface area contributed by atoms with Crippen molar-refractivity contribution < 1.29 is 4.79 Å². The molecule has 4 rings (SSSR count). The molecule has 0 radical (unpaired) electrons. The fraction of sp³-hybridized carbons (Fsp3) is 0.400. The predicted octanol–water partition coefficient (Wildman–Crippen LogP) is 2.81. The maximum atomic E-state index is 12.1. The van der Waals surface area contributed by atoms with Gasteiger partial charge < -0.3 is 0 Å². The fourth-order valence-electron chi connectivity index (χ4n) is 2.43. The van der Waals surface area contributed by atoms with Crippen LogP contribution in [0, 0.1) is 0 Å². The van der Waals surface area contributed by atoms with Gasteiger partial charge in [0.05, 0.1) is 5.69 Å². The van der Waals surface area contributed by atoms with E-state index in [1.807, 2.05) is 12.3 Å². The summed E-state index contributed by atoms with van der Waals surface area (Å²) < 4.78 is 2.31. The summed E-state index contributed by atoms with van der Waals surface area (Å²) in [7, 11) is 0. The quantitative estimate of drug-likeness (QED) is 0.473. The van der Waals surface area contributed by atoms with Crippen LogP contribution in [0.3, 0.4) is 0 Å². The average molecular weight is 394 g/mol. The number of rotatable bonds is 6. The lowest BCUT2D eigenvalue weighted by atomic mass is 10.4. The number of carbonyl (C=O) groups is 1. The highest BCUT2D eigenvalue weighted by Gasteiger charge is 2.35. The molecular formula is C15H15N5O2S3. The van der Waals surface area contributed by atoms with Crippen molar-refractivity contribution in [3.8, 4) is 0 Å². The first-order chi connectivity index (χ1) is 12.2. The van der Waals surface area contributed by atoms with Crippen LogP contribution in [0.1, 0.15) is 31.9 Å². The molecule has 130 valence electrons. The minimum Gasteiger partial charge on any atom is -0.284 e. The first-order valence-corrected chi connectivity index (χ1v) is 10.6. The molecule has 0 aromatic carbocycles. The van der Waals surface area contributed by atoms with Crippen LogP contribution >= 0.6 is 34.4 Å². The maximum absolute atomic E-state index is 12.1. The molecule has 0 N–H and O–H groups in total. The Bertz CT molecular complexity index is 975. The molecule has 1 saturated carbocycles. The van der Waals surface area contributed by atoms with Gasteiger partial charge in [0.15, 0.2) is 9.30 Å². The SMILES string of the molecule is CCC(=O)N(c1nnc(SCc2cc(=O)n3ccsc3n2)s1)C1CC1. The Labute approximate surface area is 155 Å². The van der Waals surface area contributed by atoms with Crippen molar-refractivity contribution in [3.63, 3.8) is 0 Å². The highest BCUT2D eigenvalue weighted by Crippen LogP contribution is 2.36. The number of carbonyl (C=O) groups excluding carboxylic acids is 1. The lowest BCUT2D eigenvalue weighted by Gasteiger charge is -2.17. The number of hydrogen-bond donors (Lipinski definition) is 0. The van der Waals surface area contributed by atoms with E-state index in [-0.39, 0.29) is 17.5 Å². The summed E-state index contributed by atoms with van der Waals surface area (Å²) in [5.41, 5.74) is 0.645. The fourth-order valence-corrected chi connectivity index (χ4v) is 4.99. The van der Waals surface area contributed by atoms with Crippen LogP contribution in [-0.4, -0.2) is 31.5 Å². The van der Waals surface area contributed by atoms with Crippen molar-refractivity contribution in [1.82, 2.24) is 19.6 Å². The zero-order valence-electron chi connectivity index (χ0n) is 13.4. The van der Waals surface area contributed by atoms with E-state index in [0.29, 0.717) is 22.3 Å². The third-order valence-corrected chi connectivity index (χ3v) is 6.63. The van der Waals surface area contributed by atoms with Crippen molar-refractivity contribution >= 4 is 50.4 Å². The zero-order valence-corrected chi connectivity index (χ0v) is 15.9. The van der Waals surface area contributed by atoms with Crippen LogP contribution in [0.5, 0.6) is 0 Å². The van der Waals surface area contributed by atoms with Crippen LogP contribution in [0.4, 0.5) is 5.13 Å². The van der Waals surface area contributed by atoms with Gasteiger partial charge in [-0.3, -0.25) is 18.9 Å². The molecule has 7 nitrogen and oxygen atoms in total. The second kappa shape index (κ2) is 6.85. The van der Waals surface area contributed by atoms with Crippen LogP contribution in [0.15, 0.2) is 26.8 Å². The molecule has 3 aromatic heterocycles. The molecule has 0 saturated heterocycles. The van der Waals surface area contributed by atoms with Gasteiger partial charge in [0.1, 0.15) is 0 Å². The molecule has 25 heavy (non-hydrogen) atoms. The number of hydrogen-bond acceptors (Lipinski definition) is 8. The molecular weight excluding hydrogens is 378 g/mol. The molecule has 0 bridgehead atoms. The van der Waals surface area contributed by atoms with Crippen LogP contribution < -0.4 is 10.5 Å². The molecule has 1 aliphatic rings. The molecule has 0 atom stereocenters. The molecule has 1 fully saturated rings. The Morgan fingerprint density at radius 3 is 3.04 bits per heavy atom. The summed E-state index contributed by atoms with van der Waals surface area (Å²) in [6.45, 7) is 1.86. The smallest absolute Gasteiger partial charge is 0.258 e. The topological polar surface area (TPSA) is 80.5 Å². The Morgan fingerprint density at radius 2 is 2.28 bits per heavy atom. The molecule has 0 spiro atoms. The summed E-state index contributed by atoms with van der Waals surface area (Å²) in [5.74, 6) is 0.636. The number of thiazole rings is 1. The maximum Gasteiger partial charge on any atom is 0.258 e. The number of fused-ring (bicyclic) bond motifs is 1. The van der Waals surface area contributed by atoms with E-state index in [0.717, 1.165) is 22.9 Å². The molecule has 1 aliphatic carbocycles. The van der Waals surface area contributed by atoms with E-state index in [1.54, 1.807) is 17.2 Å². The molecule has 0 unspecified atom stereocenters. The van der Waals surface area contributed by atoms with Crippen LogP contribution in [0.2, 0.25) is 0 Å². The van der Waals surface area contributed by atoms with Gasteiger partial charge >= 0.3 is 0 Å². The van der Waals surface area contributed by atoms with E-state index in [4.69, 9.17) is 0 Å². The standard InChI is InChI=1S/C15H15N5O2S3/c1-2-11(21)20(10-3-4-10)14-17-18-15(25-14)24-8-9-7-12(22)19-5-6-23-13(19)16-9/h5-7,10H,2-4,8H2,1H3. The minimum absolute atomic E-state index is 0.0757. The third kappa shape index (κ3) is 3.46. The number of aromatic nitrogens is 4. The van der Waals surface area contributed by atoms with Gasteiger partial charge in [0.25, 0.3) is 5.56 Å². The van der Waals surface area contributed by atoms with Crippen molar-refractivity contribution in [3.05, 3.63) is 33.7 Å². The number of thioether (sulfide) groups is 1. The Hall–Kier alpha value is -1.78. The zero-order chi connectivity index (χ0) is 17.4. The van der Waals surface area contributed by atoms with E-state index in [1.165, 1.54) is 38.8 Å². The van der Waals surface area contributed by atoms with Crippen LogP contribution in [-0.2, 0) is 10.5 Å². The Morgan fingerprint density at radius 1 is 1.44 bits per heavy atom.